The second-order valence-corrected chi connectivity index (χ2v) is 3.56. The Bertz CT molecular complexity index is 503. The van der Waals surface area contributed by atoms with Gasteiger partial charge in [0.2, 0.25) is 6.79 Å². The van der Waals surface area contributed by atoms with Crippen molar-refractivity contribution in [2.45, 2.75) is 6.92 Å². The maximum atomic E-state index is 5.32. The van der Waals surface area contributed by atoms with Gasteiger partial charge in [0.1, 0.15) is 0 Å². The summed E-state index contributed by atoms with van der Waals surface area (Å²) in [6.07, 6.45) is 0. The number of rotatable bonds is 0. The summed E-state index contributed by atoms with van der Waals surface area (Å²) in [5.41, 5.74) is 1.26. The van der Waals surface area contributed by atoms with Crippen molar-refractivity contribution in [2.75, 3.05) is 6.79 Å². The first kappa shape index (κ1) is 7.68. The zero-order chi connectivity index (χ0) is 9.54. The van der Waals surface area contributed by atoms with E-state index in [2.05, 4.69) is 25.1 Å². The van der Waals surface area contributed by atoms with E-state index >= 15 is 0 Å². The van der Waals surface area contributed by atoms with Gasteiger partial charge in [-0.1, -0.05) is 23.8 Å². The normalized spacial score (nSPS) is 13.5. The molecule has 70 valence electrons. The van der Waals surface area contributed by atoms with Gasteiger partial charge in [-0.25, -0.2) is 0 Å². The lowest BCUT2D eigenvalue weighted by atomic mass is 10.1. The Morgan fingerprint density at radius 3 is 2.43 bits per heavy atom. The van der Waals surface area contributed by atoms with Gasteiger partial charge in [-0.3, -0.25) is 0 Å². The molecule has 2 nitrogen and oxygen atoms in total. The van der Waals surface area contributed by atoms with Crippen LogP contribution in [0, 0.1) is 6.92 Å². The topological polar surface area (TPSA) is 18.5 Å². The Morgan fingerprint density at radius 2 is 1.64 bits per heavy atom. The molecule has 0 atom stereocenters. The van der Waals surface area contributed by atoms with Crippen LogP contribution < -0.4 is 9.47 Å². The third-order valence-electron chi connectivity index (χ3n) is 2.49. The van der Waals surface area contributed by atoms with E-state index < -0.39 is 0 Å². The summed E-state index contributed by atoms with van der Waals surface area (Å²) in [4.78, 5) is 0. The fourth-order valence-electron chi connectivity index (χ4n) is 1.76. The van der Waals surface area contributed by atoms with Crippen LogP contribution in [0.3, 0.4) is 0 Å². The quantitative estimate of drug-likeness (QED) is 0.629. The van der Waals surface area contributed by atoms with Gasteiger partial charge in [0.25, 0.3) is 0 Å². The van der Waals surface area contributed by atoms with Crippen LogP contribution in [-0.4, -0.2) is 6.79 Å². The molecule has 0 amide bonds. The van der Waals surface area contributed by atoms with E-state index in [1.807, 2.05) is 12.1 Å². The van der Waals surface area contributed by atoms with Crippen LogP contribution in [0.25, 0.3) is 10.8 Å². The highest BCUT2D eigenvalue weighted by atomic mass is 16.7. The van der Waals surface area contributed by atoms with Crippen LogP contribution >= 0.6 is 0 Å². The van der Waals surface area contributed by atoms with E-state index in [0.29, 0.717) is 6.79 Å². The van der Waals surface area contributed by atoms with Crippen molar-refractivity contribution in [1.82, 2.24) is 0 Å². The molecule has 1 aliphatic rings. The highest BCUT2D eigenvalue weighted by Gasteiger charge is 2.13. The second kappa shape index (κ2) is 2.64. The van der Waals surface area contributed by atoms with Crippen LogP contribution in [0.2, 0.25) is 0 Å². The molecule has 0 saturated heterocycles. The largest absolute Gasteiger partial charge is 0.454 e. The Labute approximate surface area is 82.1 Å². The molecule has 0 N–H and O–H groups in total. The zero-order valence-electron chi connectivity index (χ0n) is 7.91. The monoisotopic (exact) mass is 186 g/mol. The summed E-state index contributed by atoms with van der Waals surface area (Å²) in [6.45, 7) is 2.43. The van der Waals surface area contributed by atoms with Gasteiger partial charge in [-0.05, 0) is 29.8 Å². The van der Waals surface area contributed by atoms with Gasteiger partial charge in [0, 0.05) is 0 Å². The van der Waals surface area contributed by atoms with Gasteiger partial charge in [-0.2, -0.15) is 0 Å². The van der Waals surface area contributed by atoms with Crippen LogP contribution in [0.1, 0.15) is 5.56 Å². The third kappa shape index (κ3) is 1.04. The maximum absolute atomic E-state index is 5.32. The maximum Gasteiger partial charge on any atom is 0.231 e. The van der Waals surface area contributed by atoms with Gasteiger partial charge in [0.05, 0.1) is 0 Å². The van der Waals surface area contributed by atoms with Crippen LogP contribution in [0.4, 0.5) is 0 Å². The third-order valence-corrected chi connectivity index (χ3v) is 2.49. The van der Waals surface area contributed by atoms with E-state index in [4.69, 9.17) is 9.47 Å². The first-order valence-corrected chi connectivity index (χ1v) is 4.63. The van der Waals surface area contributed by atoms with Crippen molar-refractivity contribution in [2.24, 2.45) is 0 Å². The van der Waals surface area contributed by atoms with Gasteiger partial charge in [-0.15, -0.1) is 0 Å². The number of hydrogen-bond donors (Lipinski definition) is 0. The molecule has 0 fully saturated rings. The van der Waals surface area contributed by atoms with E-state index in [9.17, 15) is 0 Å². The Hall–Kier alpha value is -1.70. The first-order chi connectivity index (χ1) is 6.83. The molecule has 2 aromatic carbocycles. The minimum absolute atomic E-state index is 0.338. The molecule has 2 aromatic rings. The second-order valence-electron chi connectivity index (χ2n) is 3.56. The summed E-state index contributed by atoms with van der Waals surface area (Å²) in [7, 11) is 0. The average Bonchev–Trinajstić information content (AvgIpc) is 2.61. The minimum Gasteiger partial charge on any atom is -0.454 e. The fourth-order valence-corrected chi connectivity index (χ4v) is 1.76. The van der Waals surface area contributed by atoms with E-state index in [1.54, 1.807) is 0 Å². The Kier molecular flexibility index (Phi) is 1.45. The first-order valence-electron chi connectivity index (χ1n) is 4.63. The van der Waals surface area contributed by atoms with Gasteiger partial charge >= 0.3 is 0 Å². The molecule has 1 heterocycles. The molecule has 0 unspecified atom stereocenters. The molecule has 0 saturated carbocycles. The van der Waals surface area contributed by atoms with Crippen LogP contribution in [-0.2, 0) is 0 Å². The summed E-state index contributed by atoms with van der Waals surface area (Å²) >= 11 is 0. The Morgan fingerprint density at radius 1 is 0.929 bits per heavy atom. The fraction of sp³-hybridized carbons (Fsp3) is 0.167. The molecule has 0 bridgehead atoms. The lowest BCUT2D eigenvalue weighted by Crippen LogP contribution is -1.92. The van der Waals surface area contributed by atoms with Crippen molar-refractivity contribution >= 4 is 10.8 Å². The van der Waals surface area contributed by atoms with Gasteiger partial charge in [0.15, 0.2) is 11.5 Å². The summed E-state index contributed by atoms with van der Waals surface area (Å²) in [5.74, 6) is 1.70. The molecule has 3 rings (SSSR count). The molecule has 14 heavy (non-hydrogen) atoms. The van der Waals surface area contributed by atoms with Crippen molar-refractivity contribution in [3.05, 3.63) is 35.9 Å². The van der Waals surface area contributed by atoms with Crippen molar-refractivity contribution < 1.29 is 9.47 Å². The number of aryl methyl sites for hydroxylation is 1. The SMILES string of the molecule is Cc1ccc2cc3c(cc2c1)OCO3. The van der Waals surface area contributed by atoms with E-state index in [-0.39, 0.29) is 0 Å². The highest BCUT2D eigenvalue weighted by molar-refractivity contribution is 5.86. The van der Waals surface area contributed by atoms with E-state index in [0.717, 1.165) is 11.5 Å². The zero-order valence-corrected chi connectivity index (χ0v) is 7.91. The Balaban J connectivity index is 2.33. The van der Waals surface area contributed by atoms with Gasteiger partial charge < -0.3 is 9.47 Å². The summed E-state index contributed by atoms with van der Waals surface area (Å²) in [6, 6.07) is 10.4. The molecule has 0 spiro atoms. The number of ether oxygens (including phenoxy) is 2. The number of hydrogen-bond acceptors (Lipinski definition) is 2. The predicted octanol–water partition coefficient (Wildman–Crippen LogP) is 2.88. The standard InChI is InChI=1S/C12H10O2/c1-8-2-3-9-5-11-12(14-7-13-11)6-10(9)4-8/h2-6H,7H2,1H3. The molecular weight excluding hydrogens is 176 g/mol. The molecule has 0 aliphatic carbocycles. The highest BCUT2D eigenvalue weighted by Crippen LogP contribution is 2.36. The molecule has 0 radical (unpaired) electrons. The van der Waals surface area contributed by atoms with Crippen LogP contribution in [0.15, 0.2) is 30.3 Å². The minimum atomic E-state index is 0.338. The average molecular weight is 186 g/mol. The number of benzene rings is 2. The van der Waals surface area contributed by atoms with Crippen LogP contribution in [0.5, 0.6) is 11.5 Å². The molecular formula is C12H10O2. The molecule has 0 aromatic heterocycles. The van der Waals surface area contributed by atoms with Crippen molar-refractivity contribution in [3.63, 3.8) is 0 Å². The summed E-state index contributed by atoms with van der Waals surface area (Å²) in [5, 5.41) is 2.40. The smallest absolute Gasteiger partial charge is 0.231 e. The summed E-state index contributed by atoms with van der Waals surface area (Å²) < 4.78 is 10.6. The molecule has 1 aliphatic heterocycles. The van der Waals surface area contributed by atoms with E-state index in [1.165, 1.54) is 16.3 Å². The predicted molar refractivity (Wildman–Crippen MR) is 54.8 cm³/mol. The lowest BCUT2D eigenvalue weighted by molar-refractivity contribution is 0.174. The van der Waals surface area contributed by atoms with Crippen molar-refractivity contribution in [3.8, 4) is 11.5 Å². The lowest BCUT2D eigenvalue weighted by Gasteiger charge is -2.01. The van der Waals surface area contributed by atoms with Crippen molar-refractivity contribution in [1.29, 1.82) is 0 Å². The molecule has 2 heteroatoms. The number of fused-ring (bicyclic) bond motifs is 2.